The second kappa shape index (κ2) is 7.10. The molecule has 23 heavy (non-hydrogen) atoms. The first kappa shape index (κ1) is 17.4. The van der Waals surface area contributed by atoms with E-state index in [1.807, 2.05) is 6.92 Å². The first-order valence-electron chi connectivity index (χ1n) is 6.80. The first-order valence-corrected chi connectivity index (χ1v) is 8.00. The fraction of sp³-hybridized carbons (Fsp3) is 0.267. The molecule has 0 atom stereocenters. The lowest BCUT2D eigenvalue weighted by Gasteiger charge is -2.13. The van der Waals surface area contributed by atoms with E-state index in [2.05, 4.69) is 15.9 Å². The van der Waals surface area contributed by atoms with E-state index in [4.69, 9.17) is 22.1 Å². The van der Waals surface area contributed by atoms with Gasteiger partial charge in [-0.1, -0.05) is 15.9 Å². The van der Waals surface area contributed by atoms with Gasteiger partial charge in [0.2, 0.25) is 0 Å². The number of carboxylic acid groups (broad SMARTS) is 1. The highest BCUT2D eigenvalue weighted by Gasteiger charge is 2.34. The van der Waals surface area contributed by atoms with Crippen LogP contribution in [0, 0.1) is 0 Å². The van der Waals surface area contributed by atoms with Crippen LogP contribution in [0.15, 0.2) is 28.4 Å². The van der Waals surface area contributed by atoms with Crippen LogP contribution >= 0.6 is 28.1 Å². The van der Waals surface area contributed by atoms with Crippen LogP contribution in [0.2, 0.25) is 0 Å². The zero-order chi connectivity index (χ0) is 17.1. The second-order valence-corrected chi connectivity index (χ2v) is 6.07. The molecule has 1 aromatic carbocycles. The SMILES string of the molecule is CCN1C(=O)/C(=C/c2cc(Br)ccc2OCC(=O)O)N(C)C1=S. The molecule has 0 aliphatic carbocycles. The first-order chi connectivity index (χ1) is 10.8. The zero-order valence-electron chi connectivity index (χ0n) is 12.6. The van der Waals surface area contributed by atoms with Crippen LogP contribution in [-0.4, -0.2) is 52.1 Å². The molecule has 0 aromatic heterocycles. The molecule has 1 N–H and O–H groups in total. The Bertz CT molecular complexity index is 705. The van der Waals surface area contributed by atoms with Crippen LogP contribution in [0.3, 0.4) is 0 Å². The van der Waals surface area contributed by atoms with Crippen molar-refractivity contribution in [2.24, 2.45) is 0 Å². The monoisotopic (exact) mass is 398 g/mol. The Morgan fingerprint density at radius 2 is 2.17 bits per heavy atom. The molecule has 2 rings (SSSR count). The smallest absolute Gasteiger partial charge is 0.341 e. The third kappa shape index (κ3) is 3.70. The maximum absolute atomic E-state index is 12.4. The van der Waals surface area contributed by atoms with E-state index >= 15 is 0 Å². The molecule has 1 aliphatic rings. The number of carbonyl (C=O) groups is 2. The molecular formula is C15H15BrN2O4S. The maximum atomic E-state index is 12.4. The van der Waals surface area contributed by atoms with Gasteiger partial charge in [0, 0.05) is 23.6 Å². The van der Waals surface area contributed by atoms with Crippen molar-refractivity contribution >= 4 is 51.2 Å². The Balaban J connectivity index is 2.41. The lowest BCUT2D eigenvalue weighted by atomic mass is 10.1. The summed E-state index contributed by atoms with van der Waals surface area (Å²) in [7, 11) is 1.72. The van der Waals surface area contributed by atoms with Gasteiger partial charge < -0.3 is 14.7 Å². The number of ether oxygens (including phenoxy) is 1. The molecule has 1 saturated heterocycles. The number of hydrogen-bond acceptors (Lipinski definition) is 4. The Morgan fingerprint density at radius 3 is 2.74 bits per heavy atom. The number of halogens is 1. The minimum atomic E-state index is -1.07. The number of thiocarbonyl (C=S) groups is 1. The molecule has 1 heterocycles. The van der Waals surface area contributed by atoms with Gasteiger partial charge in [-0.2, -0.15) is 0 Å². The van der Waals surface area contributed by atoms with Crippen LogP contribution in [0.25, 0.3) is 6.08 Å². The quantitative estimate of drug-likeness (QED) is 0.606. The molecule has 6 nitrogen and oxygen atoms in total. The van der Waals surface area contributed by atoms with Gasteiger partial charge in [0.15, 0.2) is 11.7 Å². The molecule has 0 spiro atoms. The van der Waals surface area contributed by atoms with Crippen molar-refractivity contribution in [1.82, 2.24) is 9.80 Å². The largest absolute Gasteiger partial charge is 0.481 e. The van der Waals surface area contributed by atoms with E-state index in [0.717, 1.165) is 4.47 Å². The van der Waals surface area contributed by atoms with Crippen molar-refractivity contribution in [1.29, 1.82) is 0 Å². The number of carbonyl (C=O) groups excluding carboxylic acids is 1. The minimum absolute atomic E-state index is 0.191. The fourth-order valence-corrected chi connectivity index (χ4v) is 2.83. The topological polar surface area (TPSA) is 70.1 Å². The Kier molecular flexibility index (Phi) is 5.38. The molecular weight excluding hydrogens is 384 g/mol. The van der Waals surface area contributed by atoms with Gasteiger partial charge in [-0.3, -0.25) is 9.69 Å². The lowest BCUT2D eigenvalue weighted by molar-refractivity contribution is -0.139. The van der Waals surface area contributed by atoms with Crippen LogP contribution in [0.1, 0.15) is 12.5 Å². The standard InChI is InChI=1S/C15H15BrN2O4S/c1-3-18-14(21)11(17(2)15(18)23)7-9-6-10(16)4-5-12(9)22-8-13(19)20/h4-7H,3,8H2,1-2H3,(H,19,20)/b11-7-. The number of aliphatic carboxylic acids is 1. The van der Waals surface area contributed by atoms with E-state index in [9.17, 15) is 9.59 Å². The average molecular weight is 399 g/mol. The third-order valence-corrected chi connectivity index (χ3v) is 4.26. The summed E-state index contributed by atoms with van der Waals surface area (Å²) in [4.78, 5) is 26.2. The van der Waals surface area contributed by atoms with Crippen molar-refractivity contribution in [3.8, 4) is 5.75 Å². The molecule has 122 valence electrons. The van der Waals surface area contributed by atoms with Gasteiger partial charge in [0.05, 0.1) is 0 Å². The summed E-state index contributed by atoms with van der Waals surface area (Å²) >= 11 is 8.61. The number of likely N-dealkylation sites (N-methyl/N-ethyl adjacent to an activating group) is 2. The number of amides is 1. The molecule has 1 aromatic rings. The van der Waals surface area contributed by atoms with E-state index in [1.165, 1.54) is 4.90 Å². The van der Waals surface area contributed by atoms with Crippen molar-refractivity contribution in [2.45, 2.75) is 6.92 Å². The summed E-state index contributed by atoms with van der Waals surface area (Å²) in [5.74, 6) is -0.881. The van der Waals surface area contributed by atoms with Crippen LogP contribution in [-0.2, 0) is 9.59 Å². The molecule has 1 amide bonds. The Hall–Kier alpha value is -1.93. The summed E-state index contributed by atoms with van der Waals surface area (Å²) in [5, 5.41) is 9.19. The predicted molar refractivity (Wildman–Crippen MR) is 93.0 cm³/mol. The van der Waals surface area contributed by atoms with Gasteiger partial charge in [-0.15, -0.1) is 0 Å². The normalized spacial score (nSPS) is 16.4. The van der Waals surface area contributed by atoms with Crippen LogP contribution < -0.4 is 4.74 Å². The molecule has 0 saturated carbocycles. The minimum Gasteiger partial charge on any atom is -0.481 e. The molecule has 1 aliphatic heterocycles. The molecule has 0 bridgehead atoms. The highest BCUT2D eigenvalue weighted by Crippen LogP contribution is 2.28. The van der Waals surface area contributed by atoms with Gasteiger partial charge >= 0.3 is 5.97 Å². The van der Waals surface area contributed by atoms with E-state index in [1.54, 1.807) is 36.2 Å². The zero-order valence-corrected chi connectivity index (χ0v) is 15.0. The van der Waals surface area contributed by atoms with E-state index in [0.29, 0.717) is 28.7 Å². The number of carboxylic acids is 1. The summed E-state index contributed by atoms with van der Waals surface area (Å²) in [5.41, 5.74) is 1.01. The number of rotatable bonds is 5. The predicted octanol–water partition coefficient (Wildman–Crippen LogP) is 2.33. The van der Waals surface area contributed by atoms with Crippen molar-refractivity contribution in [3.63, 3.8) is 0 Å². The van der Waals surface area contributed by atoms with Gasteiger partial charge in [-0.25, -0.2) is 4.79 Å². The number of benzene rings is 1. The van der Waals surface area contributed by atoms with Crippen molar-refractivity contribution in [2.75, 3.05) is 20.2 Å². The Morgan fingerprint density at radius 1 is 1.48 bits per heavy atom. The summed E-state index contributed by atoms with van der Waals surface area (Å²) in [6.45, 7) is 1.88. The molecule has 0 unspecified atom stereocenters. The van der Waals surface area contributed by atoms with Gasteiger partial charge in [-0.05, 0) is 43.4 Å². The second-order valence-electron chi connectivity index (χ2n) is 4.79. The van der Waals surface area contributed by atoms with E-state index in [-0.39, 0.29) is 5.91 Å². The molecule has 1 fully saturated rings. The van der Waals surface area contributed by atoms with Gasteiger partial charge in [0.25, 0.3) is 5.91 Å². The molecule has 0 radical (unpaired) electrons. The van der Waals surface area contributed by atoms with Crippen molar-refractivity contribution < 1.29 is 19.4 Å². The molecule has 8 heteroatoms. The van der Waals surface area contributed by atoms with Crippen molar-refractivity contribution in [3.05, 3.63) is 33.9 Å². The Labute approximate surface area is 147 Å². The lowest BCUT2D eigenvalue weighted by Crippen LogP contribution is -2.30. The van der Waals surface area contributed by atoms with Gasteiger partial charge in [0.1, 0.15) is 11.4 Å². The summed E-state index contributed by atoms with van der Waals surface area (Å²) in [6.07, 6.45) is 1.65. The number of hydrogen-bond donors (Lipinski definition) is 1. The number of nitrogens with zero attached hydrogens (tertiary/aromatic N) is 2. The summed E-state index contributed by atoms with van der Waals surface area (Å²) < 4.78 is 6.06. The maximum Gasteiger partial charge on any atom is 0.341 e. The third-order valence-electron chi connectivity index (χ3n) is 3.27. The van der Waals surface area contributed by atoms with E-state index < -0.39 is 12.6 Å². The highest BCUT2D eigenvalue weighted by atomic mass is 79.9. The van der Waals surface area contributed by atoms with Crippen LogP contribution in [0.5, 0.6) is 5.75 Å². The summed E-state index contributed by atoms with van der Waals surface area (Å²) in [6, 6.07) is 5.14. The highest BCUT2D eigenvalue weighted by molar-refractivity contribution is 9.10. The fourth-order valence-electron chi connectivity index (χ4n) is 2.14. The average Bonchev–Trinajstić information content (AvgIpc) is 2.70. The van der Waals surface area contributed by atoms with Crippen LogP contribution in [0.4, 0.5) is 0 Å².